The molecule has 1 rings (SSSR count). The average Bonchev–Trinajstić information content (AvgIpc) is 2.14. The normalized spacial score (nSPS) is 19.1. The van der Waals surface area contributed by atoms with E-state index in [1.54, 1.807) is 0 Å². The molecule has 1 heterocycles. The second-order valence-electron chi connectivity index (χ2n) is 2.28. The summed E-state index contributed by atoms with van der Waals surface area (Å²) in [5.41, 5.74) is 0. The highest BCUT2D eigenvalue weighted by Crippen LogP contribution is 2.11. The fourth-order valence-electron chi connectivity index (χ4n) is 1.19. The molecule has 36 valence electrons. The second kappa shape index (κ2) is 2.25. The Morgan fingerprint density at radius 3 is 2.86 bits per heavy atom. The summed E-state index contributed by atoms with van der Waals surface area (Å²) in [6.07, 6.45) is 4.25. The van der Waals surface area contributed by atoms with Gasteiger partial charge in [0.05, 0.1) is 7.17 Å². The topological polar surface area (TPSA) is 0 Å². The summed E-state index contributed by atoms with van der Waals surface area (Å²) in [4.78, 5) is 0. The Kier molecular flexibility index (Phi) is 1.61. The molecule has 0 N–H and O–H groups in total. The van der Waals surface area contributed by atoms with Gasteiger partial charge in [0.15, 0.2) is 0 Å². The van der Waals surface area contributed by atoms with Crippen molar-refractivity contribution >= 4 is 13.8 Å². The summed E-state index contributed by atoms with van der Waals surface area (Å²) in [6, 6.07) is 0. The van der Waals surface area contributed by atoms with Crippen LogP contribution < -0.4 is 0 Å². The highest BCUT2D eigenvalue weighted by Gasteiger charge is 2.15. The zero-order chi connectivity index (χ0) is 5.11. The Hall–Kier alpha value is -0.130. The first-order chi connectivity index (χ1) is 3.43. The molecule has 0 aromatic heterocycles. The Bertz CT molecular complexity index is 64.5. The van der Waals surface area contributed by atoms with Crippen molar-refractivity contribution in [2.45, 2.75) is 19.1 Å². The van der Waals surface area contributed by atoms with Crippen LogP contribution in [0.2, 0.25) is 12.6 Å². The van der Waals surface area contributed by atoms with Crippen molar-refractivity contribution in [2.75, 3.05) is 0 Å². The molecule has 1 fully saturated rings. The van der Waals surface area contributed by atoms with Gasteiger partial charge in [-0.2, -0.15) is 0 Å². The summed E-state index contributed by atoms with van der Waals surface area (Å²) >= 11 is 0. The zero-order valence-corrected chi connectivity index (χ0v) is 4.69. The molecule has 0 aromatic rings. The van der Waals surface area contributed by atoms with E-state index in [-0.39, 0.29) is 0 Å². The third-order valence-corrected chi connectivity index (χ3v) is 1.73. The fraction of sp³-hybridized carbons (Fsp3) is 0.600. The minimum atomic E-state index is 0.861. The van der Waals surface area contributed by atoms with Crippen molar-refractivity contribution in [3.05, 3.63) is 12.6 Å². The number of rotatable bonds is 1. The van der Waals surface area contributed by atoms with E-state index >= 15 is 0 Å². The van der Waals surface area contributed by atoms with Gasteiger partial charge in [0.2, 0.25) is 0 Å². The first-order valence-corrected chi connectivity index (χ1v) is 3.06. The Morgan fingerprint density at radius 2 is 2.57 bits per heavy atom. The van der Waals surface area contributed by atoms with Gasteiger partial charge in [-0.05, 0) is 0 Å². The highest BCUT2D eigenvalue weighted by molar-refractivity contribution is 7.16. The van der Waals surface area contributed by atoms with Crippen molar-refractivity contribution in [1.82, 2.24) is 0 Å². The van der Waals surface area contributed by atoms with Crippen LogP contribution >= 0.6 is 0 Å². The van der Waals surface area contributed by atoms with Gasteiger partial charge < -0.3 is 0 Å². The largest absolute Gasteiger partial charge is 0.131 e. The predicted molar refractivity (Wildman–Crippen MR) is 37.3 cm³/mol. The van der Waals surface area contributed by atoms with E-state index in [1.807, 2.05) is 0 Å². The van der Waals surface area contributed by atoms with Gasteiger partial charge in [0, 0.05) is 0 Å². The molecule has 1 saturated heterocycles. The molecule has 0 atom stereocenters. The summed E-state index contributed by atoms with van der Waals surface area (Å²) in [6.45, 7) is 4.60. The van der Waals surface area contributed by atoms with Gasteiger partial charge in [-0.25, -0.2) is 0 Å². The monoisotopic (exact) mass is 92.1 g/mol. The summed E-state index contributed by atoms with van der Waals surface area (Å²) in [5.74, 6) is 2.09. The first-order valence-electron chi connectivity index (χ1n) is 3.06. The first kappa shape index (κ1) is 5.02. The summed E-state index contributed by atoms with van der Waals surface area (Å²) in [7, 11) is 1.39. The van der Waals surface area contributed by atoms with E-state index in [1.165, 1.54) is 26.2 Å². The molecule has 0 unspecified atom stereocenters. The molecule has 0 nitrogen and oxygen atoms in total. The lowest BCUT2D eigenvalue weighted by atomic mass is 9.24. The Morgan fingerprint density at radius 1 is 1.71 bits per heavy atom. The zero-order valence-electron chi connectivity index (χ0n) is 4.69. The third kappa shape index (κ3) is 1.12. The molecule has 0 spiro atoms. The van der Waals surface area contributed by atoms with Crippen LogP contribution in [0.1, 0.15) is 6.42 Å². The average molecular weight is 91.8 g/mol. The maximum Gasteiger partial charge on any atom is 0.130 e. The molecule has 2 heteroatoms. The minimum Gasteiger partial charge on any atom is -0.131 e. The Labute approximate surface area is 46.3 Å². The molecule has 0 aliphatic carbocycles. The van der Waals surface area contributed by atoms with Crippen LogP contribution in [-0.4, -0.2) is 13.8 Å². The van der Waals surface area contributed by atoms with Gasteiger partial charge in [0.1, 0.15) is 6.60 Å². The van der Waals surface area contributed by atoms with E-state index in [0.29, 0.717) is 0 Å². The lowest BCUT2D eigenvalue weighted by molar-refractivity contribution is 1.09. The van der Waals surface area contributed by atoms with Crippen molar-refractivity contribution in [3.63, 3.8) is 0 Å². The summed E-state index contributed by atoms with van der Waals surface area (Å²) < 4.78 is 0. The molecule has 0 radical (unpaired) electrons. The van der Waals surface area contributed by atoms with Gasteiger partial charge >= 0.3 is 0 Å². The van der Waals surface area contributed by atoms with Crippen LogP contribution in [0.5, 0.6) is 0 Å². The smallest absolute Gasteiger partial charge is 0.130 e. The van der Waals surface area contributed by atoms with Gasteiger partial charge in [-0.15, -0.1) is 12.6 Å². The van der Waals surface area contributed by atoms with Crippen LogP contribution in [0.3, 0.4) is 0 Å². The molecule has 0 bridgehead atoms. The van der Waals surface area contributed by atoms with Crippen LogP contribution in [0.4, 0.5) is 0 Å². The van der Waals surface area contributed by atoms with E-state index in [4.69, 9.17) is 0 Å². The lowest BCUT2D eigenvalue weighted by Gasteiger charge is -1.87. The van der Waals surface area contributed by atoms with Crippen LogP contribution in [-0.2, 0) is 0 Å². The van der Waals surface area contributed by atoms with Gasteiger partial charge in [-0.3, -0.25) is 0 Å². The molecule has 7 heavy (non-hydrogen) atoms. The van der Waals surface area contributed by atoms with Crippen LogP contribution in [0.25, 0.3) is 0 Å². The molecule has 1 aliphatic heterocycles. The quantitative estimate of drug-likeness (QED) is 0.422. The molecule has 0 saturated carbocycles. The van der Waals surface area contributed by atoms with E-state index < -0.39 is 0 Å². The number of hydrogen-bond donors (Lipinski definition) is 0. The maximum atomic E-state index is 3.74. The van der Waals surface area contributed by atoms with E-state index in [2.05, 4.69) is 12.6 Å². The van der Waals surface area contributed by atoms with Gasteiger partial charge in [-0.1, -0.05) is 19.1 Å². The van der Waals surface area contributed by atoms with Crippen LogP contribution in [0.15, 0.2) is 12.6 Å². The minimum absolute atomic E-state index is 0.861. The Balaban J connectivity index is 2.26. The third-order valence-electron chi connectivity index (χ3n) is 1.73. The fourth-order valence-corrected chi connectivity index (χ4v) is 1.19. The van der Waals surface area contributed by atoms with Crippen LogP contribution in [0, 0.1) is 0 Å². The lowest BCUT2D eigenvalue weighted by Crippen LogP contribution is -2.09. The van der Waals surface area contributed by atoms with Crippen molar-refractivity contribution in [2.24, 2.45) is 0 Å². The van der Waals surface area contributed by atoms with Crippen molar-refractivity contribution < 1.29 is 0 Å². The molecule has 0 aromatic carbocycles. The molecular formula is C5H10B2. The maximum absolute atomic E-state index is 3.74. The highest BCUT2D eigenvalue weighted by atomic mass is 13.8. The molecule has 1 aliphatic rings. The molecule has 0 amide bonds. The SMILES string of the molecule is C=CB1BCCC1. The predicted octanol–water partition coefficient (Wildman–Crippen LogP) is 0.962. The van der Waals surface area contributed by atoms with Crippen molar-refractivity contribution in [3.8, 4) is 0 Å². The van der Waals surface area contributed by atoms with Gasteiger partial charge in [0.25, 0.3) is 0 Å². The number of hydrogen-bond acceptors (Lipinski definition) is 0. The van der Waals surface area contributed by atoms with Crippen molar-refractivity contribution in [1.29, 1.82) is 0 Å². The second-order valence-corrected chi connectivity index (χ2v) is 2.28. The van der Waals surface area contributed by atoms with E-state index in [9.17, 15) is 0 Å². The summed E-state index contributed by atoms with van der Waals surface area (Å²) in [5, 5.41) is 0. The van der Waals surface area contributed by atoms with E-state index in [0.717, 1.165) is 6.60 Å². The standard InChI is InChI=1S/C5H10B2/c1-2-7-5-3-4-6-7/h2,6H,1,3-5H2. The molecular weight excluding hydrogens is 81.7 g/mol.